The molecule has 0 bridgehead atoms. The highest BCUT2D eigenvalue weighted by Crippen LogP contribution is 2.23. The third-order valence-corrected chi connectivity index (χ3v) is 4.37. The maximum Gasteiger partial charge on any atom is 0.260 e. The molecule has 3 nitrogen and oxygen atoms in total. The second kappa shape index (κ2) is 7.48. The van der Waals surface area contributed by atoms with Crippen molar-refractivity contribution in [3.63, 3.8) is 0 Å². The molecule has 1 aromatic rings. The second-order valence-corrected chi connectivity index (χ2v) is 6.03. The number of carbonyl (C=O) groups is 1. The van der Waals surface area contributed by atoms with E-state index in [1.807, 2.05) is 30.9 Å². The van der Waals surface area contributed by atoms with Crippen molar-refractivity contribution in [3.05, 3.63) is 29.3 Å². The highest BCUT2D eigenvalue weighted by atomic mass is 16.5. The summed E-state index contributed by atoms with van der Waals surface area (Å²) >= 11 is 0. The monoisotopic (exact) mass is 289 g/mol. The summed E-state index contributed by atoms with van der Waals surface area (Å²) in [6.07, 6.45) is 6.08. The molecule has 0 saturated heterocycles. The standard InChI is InChI=1S/C18H27NO2/c1-4-19(16-8-6-5-7-9-16)18(20)13-21-17-12-14(2)10-11-15(17)3/h10-12,16H,4-9,13H2,1-3H3. The van der Waals surface area contributed by atoms with E-state index in [1.165, 1.54) is 19.3 Å². The average molecular weight is 289 g/mol. The summed E-state index contributed by atoms with van der Waals surface area (Å²) in [7, 11) is 0. The topological polar surface area (TPSA) is 29.5 Å². The van der Waals surface area contributed by atoms with Crippen molar-refractivity contribution in [2.45, 2.75) is 58.9 Å². The van der Waals surface area contributed by atoms with E-state index < -0.39 is 0 Å². The first-order valence-electron chi connectivity index (χ1n) is 8.11. The van der Waals surface area contributed by atoms with Gasteiger partial charge in [-0.15, -0.1) is 0 Å². The van der Waals surface area contributed by atoms with Crippen molar-refractivity contribution >= 4 is 5.91 Å². The molecule has 1 amide bonds. The first-order valence-corrected chi connectivity index (χ1v) is 8.11. The summed E-state index contributed by atoms with van der Waals surface area (Å²) in [6.45, 7) is 7.03. The van der Waals surface area contributed by atoms with Gasteiger partial charge in [-0.2, -0.15) is 0 Å². The first kappa shape index (κ1) is 15.9. The quantitative estimate of drug-likeness (QED) is 0.823. The van der Waals surface area contributed by atoms with Crippen molar-refractivity contribution in [2.75, 3.05) is 13.2 Å². The lowest BCUT2D eigenvalue weighted by molar-refractivity contribution is -0.136. The molecular weight excluding hydrogens is 262 g/mol. The van der Waals surface area contributed by atoms with Crippen LogP contribution in [0.15, 0.2) is 18.2 Å². The summed E-state index contributed by atoms with van der Waals surface area (Å²) in [5.74, 6) is 0.938. The maximum atomic E-state index is 12.4. The van der Waals surface area contributed by atoms with Gasteiger partial charge in [-0.25, -0.2) is 0 Å². The van der Waals surface area contributed by atoms with Crippen molar-refractivity contribution in [1.82, 2.24) is 4.90 Å². The van der Waals surface area contributed by atoms with Crippen molar-refractivity contribution in [2.24, 2.45) is 0 Å². The Kier molecular flexibility index (Phi) is 5.66. The molecule has 1 aliphatic carbocycles. The van der Waals surface area contributed by atoms with Crippen molar-refractivity contribution in [1.29, 1.82) is 0 Å². The van der Waals surface area contributed by atoms with E-state index in [9.17, 15) is 4.79 Å². The minimum atomic E-state index is 0.116. The number of hydrogen-bond donors (Lipinski definition) is 0. The maximum absolute atomic E-state index is 12.4. The smallest absolute Gasteiger partial charge is 0.260 e. The molecule has 3 heteroatoms. The Morgan fingerprint density at radius 2 is 1.95 bits per heavy atom. The molecule has 0 aliphatic heterocycles. The van der Waals surface area contributed by atoms with Gasteiger partial charge in [-0.3, -0.25) is 4.79 Å². The summed E-state index contributed by atoms with van der Waals surface area (Å²) in [4.78, 5) is 14.4. The third-order valence-electron chi connectivity index (χ3n) is 4.37. The van der Waals surface area contributed by atoms with Crippen LogP contribution < -0.4 is 4.74 Å². The summed E-state index contributed by atoms with van der Waals surface area (Å²) in [5.41, 5.74) is 2.23. The van der Waals surface area contributed by atoms with Gasteiger partial charge in [0.1, 0.15) is 5.75 Å². The van der Waals surface area contributed by atoms with Gasteiger partial charge >= 0.3 is 0 Å². The fraction of sp³-hybridized carbons (Fsp3) is 0.611. The fourth-order valence-electron chi connectivity index (χ4n) is 3.12. The van der Waals surface area contributed by atoms with E-state index in [1.54, 1.807) is 0 Å². The summed E-state index contributed by atoms with van der Waals surface area (Å²) < 4.78 is 5.76. The van der Waals surface area contributed by atoms with Gasteiger partial charge in [0, 0.05) is 12.6 Å². The predicted octanol–water partition coefficient (Wildman–Crippen LogP) is 3.86. The molecule has 0 radical (unpaired) electrons. The summed E-state index contributed by atoms with van der Waals surface area (Å²) in [6, 6.07) is 6.51. The number of nitrogens with zero attached hydrogens (tertiary/aromatic N) is 1. The predicted molar refractivity (Wildman–Crippen MR) is 85.7 cm³/mol. The Balaban J connectivity index is 1.94. The largest absolute Gasteiger partial charge is 0.483 e. The molecule has 21 heavy (non-hydrogen) atoms. The van der Waals surface area contributed by atoms with Gasteiger partial charge in [0.2, 0.25) is 0 Å². The van der Waals surface area contributed by atoms with E-state index in [0.717, 1.165) is 36.3 Å². The Bertz CT molecular complexity index is 478. The molecule has 0 atom stereocenters. The van der Waals surface area contributed by atoms with Crippen LogP contribution in [0.5, 0.6) is 5.75 Å². The van der Waals surface area contributed by atoms with Crippen molar-refractivity contribution < 1.29 is 9.53 Å². The molecule has 1 fully saturated rings. The number of benzene rings is 1. The minimum Gasteiger partial charge on any atom is -0.483 e. The van der Waals surface area contributed by atoms with Gasteiger partial charge in [0.15, 0.2) is 6.61 Å². The van der Waals surface area contributed by atoms with Gasteiger partial charge in [-0.1, -0.05) is 31.4 Å². The molecule has 116 valence electrons. The van der Waals surface area contributed by atoms with E-state index in [0.29, 0.717) is 6.04 Å². The highest BCUT2D eigenvalue weighted by molar-refractivity contribution is 5.78. The lowest BCUT2D eigenvalue weighted by Gasteiger charge is -2.33. The van der Waals surface area contributed by atoms with Crippen LogP contribution in [-0.4, -0.2) is 30.0 Å². The van der Waals surface area contributed by atoms with Crippen LogP contribution in [0.4, 0.5) is 0 Å². The molecule has 0 unspecified atom stereocenters. The lowest BCUT2D eigenvalue weighted by Crippen LogP contribution is -2.43. The molecule has 0 spiro atoms. The number of carbonyl (C=O) groups excluding carboxylic acids is 1. The lowest BCUT2D eigenvalue weighted by atomic mass is 9.94. The Labute approximate surface area is 128 Å². The Morgan fingerprint density at radius 1 is 1.24 bits per heavy atom. The van der Waals surface area contributed by atoms with Crippen LogP contribution in [0, 0.1) is 13.8 Å². The fourth-order valence-corrected chi connectivity index (χ4v) is 3.12. The van der Waals surface area contributed by atoms with E-state index in [4.69, 9.17) is 4.74 Å². The highest BCUT2D eigenvalue weighted by Gasteiger charge is 2.24. The minimum absolute atomic E-state index is 0.116. The molecule has 0 heterocycles. The van der Waals surface area contributed by atoms with Gasteiger partial charge in [0.05, 0.1) is 0 Å². The van der Waals surface area contributed by atoms with Crippen LogP contribution >= 0.6 is 0 Å². The Morgan fingerprint density at radius 3 is 2.62 bits per heavy atom. The SMILES string of the molecule is CCN(C(=O)COc1cc(C)ccc1C)C1CCCCC1. The number of ether oxygens (including phenoxy) is 1. The zero-order valence-corrected chi connectivity index (χ0v) is 13.5. The van der Waals surface area contributed by atoms with Crippen LogP contribution in [0.25, 0.3) is 0 Å². The number of aryl methyl sites for hydroxylation is 2. The number of amides is 1. The van der Waals surface area contributed by atoms with E-state index >= 15 is 0 Å². The number of likely N-dealkylation sites (N-methyl/N-ethyl adjacent to an activating group) is 1. The molecule has 2 rings (SSSR count). The van der Waals surface area contributed by atoms with Crippen LogP contribution in [0.2, 0.25) is 0 Å². The van der Waals surface area contributed by atoms with Crippen LogP contribution in [-0.2, 0) is 4.79 Å². The van der Waals surface area contributed by atoms with E-state index in [-0.39, 0.29) is 12.5 Å². The zero-order chi connectivity index (χ0) is 15.2. The summed E-state index contributed by atoms with van der Waals surface area (Å²) in [5, 5.41) is 0. The van der Waals surface area contributed by atoms with Crippen LogP contribution in [0.3, 0.4) is 0 Å². The van der Waals surface area contributed by atoms with Gasteiger partial charge in [-0.05, 0) is 50.8 Å². The molecule has 1 aromatic carbocycles. The normalized spacial score (nSPS) is 15.8. The molecule has 0 N–H and O–H groups in total. The van der Waals surface area contributed by atoms with E-state index in [2.05, 4.69) is 13.0 Å². The number of hydrogen-bond acceptors (Lipinski definition) is 2. The van der Waals surface area contributed by atoms with Gasteiger partial charge < -0.3 is 9.64 Å². The van der Waals surface area contributed by atoms with Gasteiger partial charge in [0.25, 0.3) is 5.91 Å². The molecule has 1 saturated carbocycles. The zero-order valence-electron chi connectivity index (χ0n) is 13.5. The average Bonchev–Trinajstić information content (AvgIpc) is 2.50. The third kappa shape index (κ3) is 4.23. The Hall–Kier alpha value is -1.51. The number of rotatable bonds is 5. The van der Waals surface area contributed by atoms with Crippen molar-refractivity contribution in [3.8, 4) is 5.75 Å². The second-order valence-electron chi connectivity index (χ2n) is 6.03. The molecule has 0 aromatic heterocycles. The van der Waals surface area contributed by atoms with Crippen LogP contribution in [0.1, 0.15) is 50.2 Å². The molecule has 1 aliphatic rings. The molecular formula is C18H27NO2. The first-order chi connectivity index (χ1) is 10.1.